The third-order valence-corrected chi connectivity index (χ3v) is 9.62. The van der Waals surface area contributed by atoms with Crippen LogP contribution < -0.4 is 9.80 Å². The van der Waals surface area contributed by atoms with Gasteiger partial charge in [-0.15, -0.1) is 0 Å². The molecule has 2 aliphatic carbocycles. The summed E-state index contributed by atoms with van der Waals surface area (Å²) in [6.45, 7) is 0. The Morgan fingerprint density at radius 1 is 0.644 bits per heavy atom. The van der Waals surface area contributed by atoms with Gasteiger partial charge in [-0.1, -0.05) is 42.0 Å². The maximum absolute atomic E-state index is 14.1. The summed E-state index contributed by atoms with van der Waals surface area (Å²) in [5.74, 6) is -9.45. The van der Waals surface area contributed by atoms with Gasteiger partial charge in [-0.05, 0) is 61.2 Å². The molecule has 11 nitrogen and oxygen atoms in total. The van der Waals surface area contributed by atoms with Crippen molar-refractivity contribution in [3.63, 3.8) is 0 Å². The van der Waals surface area contributed by atoms with E-state index in [4.69, 9.17) is 0 Å². The number of rotatable bonds is 5. The van der Waals surface area contributed by atoms with E-state index < -0.39 is 71.1 Å². The molecule has 0 spiro atoms. The minimum Gasteiger partial charge on any atom is -0.508 e. The molecule has 226 valence electrons. The van der Waals surface area contributed by atoms with Crippen LogP contribution in [0.25, 0.3) is 0 Å². The second-order valence-electron chi connectivity index (χ2n) is 11.8. The van der Waals surface area contributed by atoms with Crippen LogP contribution in [0, 0.1) is 29.6 Å². The van der Waals surface area contributed by atoms with Crippen LogP contribution in [-0.2, 0) is 19.2 Å². The number of carboxylic acids is 2. The Morgan fingerprint density at radius 3 is 1.78 bits per heavy atom. The first kappa shape index (κ1) is 28.2. The van der Waals surface area contributed by atoms with Crippen molar-refractivity contribution in [2.75, 3.05) is 9.80 Å². The molecule has 7 rings (SSSR count). The Kier molecular flexibility index (Phi) is 6.43. The van der Waals surface area contributed by atoms with Gasteiger partial charge in [0.1, 0.15) is 5.75 Å². The second kappa shape index (κ2) is 10.3. The average molecular weight is 607 g/mol. The number of fused-ring (bicyclic) bond motifs is 4. The number of phenolic OH excluding ortho intramolecular Hbond substituents is 1. The van der Waals surface area contributed by atoms with Gasteiger partial charge in [0.2, 0.25) is 23.6 Å². The van der Waals surface area contributed by atoms with Crippen molar-refractivity contribution in [3.05, 3.63) is 101 Å². The van der Waals surface area contributed by atoms with E-state index in [1.165, 1.54) is 54.6 Å². The number of hydrogen-bond acceptors (Lipinski definition) is 7. The maximum atomic E-state index is 14.1. The molecule has 3 fully saturated rings. The lowest BCUT2D eigenvalue weighted by atomic mass is 9.57. The van der Waals surface area contributed by atoms with E-state index in [9.17, 15) is 44.1 Å². The van der Waals surface area contributed by atoms with E-state index in [0.29, 0.717) is 11.1 Å². The van der Waals surface area contributed by atoms with Crippen molar-refractivity contribution in [3.8, 4) is 5.75 Å². The fourth-order valence-corrected chi connectivity index (χ4v) is 7.75. The molecule has 0 aromatic heterocycles. The molecule has 2 aliphatic heterocycles. The summed E-state index contributed by atoms with van der Waals surface area (Å²) in [7, 11) is 0. The molecule has 0 bridgehead atoms. The number of aromatic carboxylic acids is 2. The molecule has 6 atom stereocenters. The van der Waals surface area contributed by atoms with Crippen LogP contribution in [0.5, 0.6) is 5.75 Å². The molecule has 4 amide bonds. The number of carbonyl (C=O) groups is 6. The zero-order valence-corrected chi connectivity index (χ0v) is 23.6. The van der Waals surface area contributed by atoms with Crippen molar-refractivity contribution in [2.24, 2.45) is 29.6 Å². The molecular weight excluding hydrogens is 580 g/mol. The summed E-state index contributed by atoms with van der Waals surface area (Å²) < 4.78 is 0. The Morgan fingerprint density at radius 2 is 1.20 bits per heavy atom. The fraction of sp³-hybridized carbons (Fsp3) is 0.235. The number of aromatic hydroxyl groups is 1. The first-order chi connectivity index (χ1) is 21.6. The quantitative estimate of drug-likeness (QED) is 0.289. The van der Waals surface area contributed by atoms with Crippen LogP contribution in [0.3, 0.4) is 0 Å². The third-order valence-electron chi connectivity index (χ3n) is 9.62. The number of benzene rings is 3. The Hall–Kier alpha value is -5.58. The Labute approximate surface area is 256 Å². The van der Waals surface area contributed by atoms with Crippen molar-refractivity contribution in [2.45, 2.75) is 18.8 Å². The number of hydrogen-bond donors (Lipinski definition) is 3. The normalized spacial score (nSPS) is 27.2. The number of allylic oxidation sites excluding steroid dienone is 2. The first-order valence-electron chi connectivity index (χ1n) is 14.5. The molecule has 2 saturated heterocycles. The fourth-order valence-electron chi connectivity index (χ4n) is 7.75. The molecule has 45 heavy (non-hydrogen) atoms. The van der Waals surface area contributed by atoms with Crippen LogP contribution in [0.2, 0.25) is 0 Å². The Bertz CT molecular complexity index is 1880. The highest BCUT2D eigenvalue weighted by molar-refractivity contribution is 6.24. The number of anilines is 2. The summed E-state index contributed by atoms with van der Waals surface area (Å²) in [5, 5.41) is 30.0. The first-order valence-corrected chi connectivity index (χ1v) is 14.5. The number of amides is 4. The Balaban J connectivity index is 1.32. The predicted octanol–water partition coefficient (Wildman–Crippen LogP) is 3.83. The van der Waals surface area contributed by atoms with Crippen molar-refractivity contribution in [1.82, 2.24) is 0 Å². The lowest BCUT2D eigenvalue weighted by Crippen LogP contribution is -2.43. The summed E-state index contributed by atoms with van der Waals surface area (Å²) in [4.78, 5) is 81.2. The van der Waals surface area contributed by atoms with Crippen molar-refractivity contribution < 1.29 is 44.1 Å². The molecule has 11 heteroatoms. The average Bonchev–Trinajstić information content (AvgIpc) is 3.44. The third kappa shape index (κ3) is 4.18. The van der Waals surface area contributed by atoms with Gasteiger partial charge >= 0.3 is 11.9 Å². The van der Waals surface area contributed by atoms with E-state index >= 15 is 0 Å². The summed E-state index contributed by atoms with van der Waals surface area (Å²) in [6, 6.07) is 17.6. The van der Waals surface area contributed by atoms with Gasteiger partial charge < -0.3 is 15.3 Å². The minimum atomic E-state index is -1.22. The van der Waals surface area contributed by atoms with Crippen LogP contribution >= 0.6 is 0 Å². The molecule has 3 N–H and O–H groups in total. The highest BCUT2D eigenvalue weighted by Gasteiger charge is 2.62. The predicted molar refractivity (Wildman–Crippen MR) is 157 cm³/mol. The SMILES string of the molecule is O=C(O)c1cccc(N2C(=O)[C@H]3[C@H](CC=C4[C@H]3C[C@H]3C(=O)N(c5cccc(C(=O)O)c5)C(=O)[C@H]3[C@H]4c3ccccc3O)C2=O)c1. The number of nitrogens with zero attached hydrogens (tertiary/aromatic N) is 2. The second-order valence-corrected chi connectivity index (χ2v) is 11.8. The molecule has 2 heterocycles. The van der Waals surface area contributed by atoms with E-state index in [-0.39, 0.29) is 41.1 Å². The molecular formula is C34H26N2O9. The lowest BCUT2D eigenvalue weighted by Gasteiger charge is -2.44. The molecule has 0 unspecified atom stereocenters. The van der Waals surface area contributed by atoms with Crippen molar-refractivity contribution in [1.29, 1.82) is 0 Å². The van der Waals surface area contributed by atoms with Gasteiger partial charge in [0.15, 0.2) is 0 Å². The lowest BCUT2D eigenvalue weighted by molar-refractivity contribution is -0.126. The zero-order chi connectivity index (χ0) is 31.7. The minimum absolute atomic E-state index is 0.0796. The van der Waals surface area contributed by atoms with Gasteiger partial charge in [0, 0.05) is 11.5 Å². The van der Waals surface area contributed by atoms with Gasteiger partial charge in [0.25, 0.3) is 0 Å². The van der Waals surface area contributed by atoms with Crippen LogP contribution in [-0.4, -0.2) is 50.9 Å². The summed E-state index contributed by atoms with van der Waals surface area (Å²) in [6.07, 6.45) is 2.11. The highest BCUT2D eigenvalue weighted by Crippen LogP contribution is 2.59. The number of imide groups is 2. The zero-order valence-electron chi connectivity index (χ0n) is 23.6. The highest BCUT2D eigenvalue weighted by atomic mass is 16.4. The number of carboxylic acid groups (broad SMARTS) is 2. The molecule has 4 aliphatic rings. The van der Waals surface area contributed by atoms with Gasteiger partial charge in [0.05, 0.1) is 46.2 Å². The van der Waals surface area contributed by atoms with Crippen LogP contribution in [0.4, 0.5) is 11.4 Å². The standard InChI is InChI=1S/C34H26N2O9/c37-25-10-2-1-9-21(25)26-20-11-12-22-27(31(40)35(29(22)38)18-7-3-5-16(13-18)33(42)43)23(20)15-24-28(26)32(41)36(30(24)39)19-8-4-6-17(14-19)34(44)45/h1-11,13-14,22-24,26-28,37H,12,15H2,(H,42,43)(H,44,45)/t22-,23+,24+,26+,27-,28+/m0/s1. The number of phenols is 1. The van der Waals surface area contributed by atoms with Gasteiger partial charge in [-0.2, -0.15) is 0 Å². The topological polar surface area (TPSA) is 170 Å². The largest absolute Gasteiger partial charge is 0.508 e. The maximum Gasteiger partial charge on any atom is 0.335 e. The molecule has 0 radical (unpaired) electrons. The van der Waals surface area contributed by atoms with E-state index in [1.54, 1.807) is 18.2 Å². The number of carbonyl (C=O) groups excluding carboxylic acids is 4. The summed E-state index contributed by atoms with van der Waals surface area (Å²) >= 11 is 0. The molecule has 3 aromatic rings. The van der Waals surface area contributed by atoms with E-state index in [0.717, 1.165) is 9.80 Å². The summed E-state index contributed by atoms with van der Waals surface area (Å²) in [5.41, 5.74) is 1.17. The van der Waals surface area contributed by atoms with Crippen LogP contribution in [0.15, 0.2) is 84.4 Å². The van der Waals surface area contributed by atoms with E-state index in [2.05, 4.69) is 0 Å². The van der Waals surface area contributed by atoms with E-state index in [1.807, 2.05) is 6.08 Å². The molecule has 3 aromatic carbocycles. The smallest absolute Gasteiger partial charge is 0.335 e. The molecule has 1 saturated carbocycles. The van der Waals surface area contributed by atoms with Gasteiger partial charge in [-0.3, -0.25) is 29.0 Å². The monoisotopic (exact) mass is 606 g/mol. The van der Waals surface area contributed by atoms with Gasteiger partial charge in [-0.25, -0.2) is 9.59 Å². The van der Waals surface area contributed by atoms with Crippen molar-refractivity contribution >= 4 is 46.9 Å². The number of para-hydroxylation sites is 1. The van der Waals surface area contributed by atoms with Crippen LogP contribution in [0.1, 0.15) is 45.0 Å².